The van der Waals surface area contributed by atoms with E-state index in [0.717, 1.165) is 48.7 Å². The van der Waals surface area contributed by atoms with Gasteiger partial charge in [0.25, 0.3) is 5.91 Å². The fraction of sp³-hybridized carbons (Fsp3) is 0.500. The molecule has 0 radical (unpaired) electrons. The Hall–Kier alpha value is -3.24. The summed E-state index contributed by atoms with van der Waals surface area (Å²) in [6.07, 6.45) is 0.368. The third-order valence-corrected chi connectivity index (χ3v) is 12.7. The maximum atomic E-state index is 13.9. The molecule has 0 aliphatic carbocycles. The van der Waals surface area contributed by atoms with Gasteiger partial charge in [-0.25, -0.2) is 4.79 Å². The van der Waals surface area contributed by atoms with Crippen LogP contribution in [0.5, 0.6) is 0 Å². The second-order valence-corrected chi connectivity index (χ2v) is 18.6. The number of hydrogen-bond acceptors (Lipinski definition) is 10. The monoisotopic (exact) mass is 816 g/mol. The van der Waals surface area contributed by atoms with Gasteiger partial charge in [0.15, 0.2) is 0 Å². The molecule has 3 aromatic carbocycles. The molecule has 298 valence electrons. The molecule has 3 atom stereocenters. The normalized spacial score (nSPS) is 20.0. The van der Waals surface area contributed by atoms with E-state index in [0.29, 0.717) is 72.9 Å². The quantitative estimate of drug-likeness (QED) is 0.130. The molecule has 0 aromatic heterocycles. The van der Waals surface area contributed by atoms with Crippen LogP contribution in [0.2, 0.25) is 0 Å². The Kier molecular flexibility index (Phi) is 13.8. The van der Waals surface area contributed by atoms with Gasteiger partial charge in [0, 0.05) is 102 Å². The summed E-state index contributed by atoms with van der Waals surface area (Å²) in [4.78, 5) is 36.0. The van der Waals surface area contributed by atoms with Gasteiger partial charge in [0.1, 0.15) is 5.60 Å². The van der Waals surface area contributed by atoms with Gasteiger partial charge in [-0.1, -0.05) is 18.2 Å². The Labute approximate surface area is 335 Å². The lowest BCUT2D eigenvalue weighted by Crippen LogP contribution is -2.50. The summed E-state index contributed by atoms with van der Waals surface area (Å²) in [5.74, 6) is 1.67. The SMILES string of the molecule is CN1CC2CN(c3ccc(C(=O)NSc4ccc(NC(CCN5CCN(C(=O)OC(C)(C)C)CC5)CSc5ccccc5)c(SC(F)(F)F)c4)cc3)CC2C1. The number of rotatable bonds is 13. The molecule has 2 N–H and O–H groups in total. The molecule has 55 heavy (non-hydrogen) atoms. The molecule has 3 saturated heterocycles. The molecule has 3 aliphatic heterocycles. The molecular formula is C40H51F3N6O3S3. The van der Waals surface area contributed by atoms with Crippen molar-refractivity contribution in [3.63, 3.8) is 0 Å². The predicted octanol–water partition coefficient (Wildman–Crippen LogP) is 8.25. The molecular weight excluding hydrogens is 766 g/mol. The fourth-order valence-corrected chi connectivity index (χ4v) is 9.65. The van der Waals surface area contributed by atoms with Crippen molar-refractivity contribution in [2.45, 2.75) is 59.0 Å². The number of nitrogens with zero attached hydrogens (tertiary/aromatic N) is 4. The second kappa shape index (κ2) is 18.4. The molecule has 0 bridgehead atoms. The van der Waals surface area contributed by atoms with Crippen molar-refractivity contribution < 1.29 is 27.5 Å². The van der Waals surface area contributed by atoms with E-state index in [9.17, 15) is 22.8 Å². The Morgan fingerprint density at radius 3 is 2.18 bits per heavy atom. The number of piperazine rings is 1. The Balaban J connectivity index is 1.07. The van der Waals surface area contributed by atoms with Crippen LogP contribution >= 0.6 is 35.5 Å². The number of fused-ring (bicyclic) bond motifs is 1. The number of nitrogens with one attached hydrogen (secondary N) is 2. The number of benzene rings is 3. The number of carbonyl (C=O) groups is 2. The second-order valence-electron chi connectivity index (χ2n) is 15.5. The van der Waals surface area contributed by atoms with Crippen LogP contribution in [0.4, 0.5) is 29.3 Å². The van der Waals surface area contributed by atoms with Crippen molar-refractivity contribution in [3.8, 4) is 0 Å². The van der Waals surface area contributed by atoms with E-state index in [4.69, 9.17) is 4.74 Å². The van der Waals surface area contributed by atoms with Gasteiger partial charge >= 0.3 is 11.6 Å². The van der Waals surface area contributed by atoms with Crippen molar-refractivity contribution in [3.05, 3.63) is 78.4 Å². The van der Waals surface area contributed by atoms with Gasteiger partial charge < -0.3 is 24.8 Å². The van der Waals surface area contributed by atoms with Crippen LogP contribution < -0.4 is 14.9 Å². The molecule has 6 rings (SSSR count). The minimum atomic E-state index is -4.50. The van der Waals surface area contributed by atoms with E-state index in [1.54, 1.807) is 40.9 Å². The zero-order chi connectivity index (χ0) is 39.2. The third-order valence-electron chi connectivity index (χ3n) is 9.98. The van der Waals surface area contributed by atoms with Crippen molar-refractivity contribution in [2.75, 3.05) is 81.9 Å². The maximum Gasteiger partial charge on any atom is 0.446 e. The highest BCUT2D eigenvalue weighted by atomic mass is 32.2. The molecule has 3 fully saturated rings. The number of ether oxygens (including phenoxy) is 1. The lowest BCUT2D eigenvalue weighted by molar-refractivity contribution is -0.0328. The van der Waals surface area contributed by atoms with Crippen molar-refractivity contribution in [2.24, 2.45) is 11.8 Å². The first-order chi connectivity index (χ1) is 26.2. The van der Waals surface area contributed by atoms with Crippen LogP contribution in [0.1, 0.15) is 37.6 Å². The number of amides is 2. The van der Waals surface area contributed by atoms with Crippen LogP contribution in [0.25, 0.3) is 0 Å². The van der Waals surface area contributed by atoms with Crippen LogP contribution in [0.15, 0.2) is 87.5 Å². The van der Waals surface area contributed by atoms with Gasteiger partial charge in [-0.15, -0.1) is 11.8 Å². The number of halogens is 3. The van der Waals surface area contributed by atoms with Crippen LogP contribution in [-0.2, 0) is 4.74 Å². The summed E-state index contributed by atoms with van der Waals surface area (Å²) in [6.45, 7) is 13.0. The minimum absolute atomic E-state index is 0.0401. The minimum Gasteiger partial charge on any atom is -0.444 e. The number of carbonyl (C=O) groups excluding carboxylic acids is 2. The van der Waals surface area contributed by atoms with Crippen molar-refractivity contribution >= 4 is 58.8 Å². The van der Waals surface area contributed by atoms with Crippen LogP contribution in [0.3, 0.4) is 0 Å². The van der Waals surface area contributed by atoms with E-state index >= 15 is 0 Å². The van der Waals surface area contributed by atoms with Gasteiger partial charge in [-0.2, -0.15) is 13.2 Å². The first-order valence-corrected chi connectivity index (χ1v) is 21.3. The zero-order valence-corrected chi connectivity index (χ0v) is 34.3. The summed E-state index contributed by atoms with van der Waals surface area (Å²) in [7, 11) is 2.17. The lowest BCUT2D eigenvalue weighted by atomic mass is 10.0. The number of hydrogen-bond donors (Lipinski definition) is 2. The molecule has 0 saturated carbocycles. The molecule has 15 heteroatoms. The molecule has 0 spiro atoms. The Morgan fingerprint density at radius 2 is 1.55 bits per heavy atom. The van der Waals surface area contributed by atoms with Crippen LogP contribution in [-0.4, -0.2) is 116 Å². The number of anilines is 2. The number of alkyl halides is 3. The molecule has 9 nitrogen and oxygen atoms in total. The number of likely N-dealkylation sites (tertiary alicyclic amines) is 1. The van der Waals surface area contributed by atoms with E-state index in [1.807, 2.05) is 63.2 Å². The summed E-state index contributed by atoms with van der Waals surface area (Å²) < 4.78 is 50.0. The highest BCUT2D eigenvalue weighted by Crippen LogP contribution is 2.42. The molecule has 3 aromatic rings. The Bertz CT molecular complexity index is 1730. The van der Waals surface area contributed by atoms with Crippen molar-refractivity contribution in [1.29, 1.82) is 0 Å². The molecule has 3 aliphatic rings. The van der Waals surface area contributed by atoms with E-state index in [2.05, 4.69) is 31.8 Å². The van der Waals surface area contributed by atoms with Gasteiger partial charge in [0.05, 0.1) is 0 Å². The van der Waals surface area contributed by atoms with E-state index < -0.39 is 11.1 Å². The largest absolute Gasteiger partial charge is 0.446 e. The Morgan fingerprint density at radius 1 is 0.873 bits per heavy atom. The smallest absolute Gasteiger partial charge is 0.444 e. The van der Waals surface area contributed by atoms with E-state index in [-0.39, 0.29) is 34.7 Å². The van der Waals surface area contributed by atoms with Crippen molar-refractivity contribution in [1.82, 2.24) is 19.4 Å². The zero-order valence-electron chi connectivity index (χ0n) is 31.8. The highest BCUT2D eigenvalue weighted by molar-refractivity contribution is 8.00. The average Bonchev–Trinajstić information content (AvgIpc) is 3.69. The summed E-state index contributed by atoms with van der Waals surface area (Å²) in [5.41, 5.74) is -3.09. The predicted molar refractivity (Wildman–Crippen MR) is 218 cm³/mol. The first-order valence-electron chi connectivity index (χ1n) is 18.7. The summed E-state index contributed by atoms with van der Waals surface area (Å²) in [6, 6.07) is 22.2. The molecule has 3 heterocycles. The molecule has 3 unspecified atom stereocenters. The third kappa shape index (κ3) is 12.4. The van der Waals surface area contributed by atoms with Crippen LogP contribution in [0, 0.1) is 11.8 Å². The standard InChI is InChI=1S/C40H51F3N6O3S3/c1-39(2,3)52-38(51)48-20-18-47(19-21-48)17-16-31(27-53-33-8-6-5-7-9-33)44-35-15-14-34(22-36(35)54-40(41,42)43)55-45-37(50)28-10-12-32(13-11-28)49-25-29-23-46(4)24-30(29)26-49/h5-15,22,29-31,44H,16-21,23-27H2,1-4H3,(H,45,50). The highest BCUT2D eigenvalue weighted by Gasteiger charge is 2.38. The number of thioether (sulfide) groups is 2. The van der Waals surface area contributed by atoms with Gasteiger partial charge in [0.2, 0.25) is 0 Å². The lowest BCUT2D eigenvalue weighted by Gasteiger charge is -2.36. The van der Waals surface area contributed by atoms with E-state index in [1.165, 1.54) is 6.07 Å². The first kappa shape index (κ1) is 41.4. The van der Waals surface area contributed by atoms with Gasteiger partial charge in [-0.05, 0) is 124 Å². The fourth-order valence-electron chi connectivity index (χ4n) is 7.27. The summed E-state index contributed by atoms with van der Waals surface area (Å²) >= 11 is 2.49. The topological polar surface area (TPSA) is 80.4 Å². The van der Waals surface area contributed by atoms with Gasteiger partial charge in [-0.3, -0.25) is 14.4 Å². The molecule has 2 amide bonds. The summed E-state index contributed by atoms with van der Waals surface area (Å²) in [5, 5.41) is 3.44. The maximum absolute atomic E-state index is 13.9. The average molecular weight is 817 g/mol.